The quantitative estimate of drug-likeness (QED) is 0.424. The normalized spacial score (nSPS) is 11.4. The average molecular weight is 316 g/mol. The topological polar surface area (TPSA) is 136 Å². The molecule has 0 heterocycles. The van der Waals surface area contributed by atoms with Gasteiger partial charge in [0.1, 0.15) is 5.69 Å². The first-order chi connectivity index (χ1) is 9.65. The first kappa shape index (κ1) is 16.9. The summed E-state index contributed by atoms with van der Waals surface area (Å²) in [6, 6.07) is 3.55. The van der Waals surface area contributed by atoms with Crippen molar-refractivity contribution in [3.05, 3.63) is 33.9 Å². The number of carbonyl (C=O) groups is 1. The maximum atomic E-state index is 11.8. The molecule has 0 unspecified atom stereocenters. The van der Waals surface area contributed by atoms with Gasteiger partial charge in [0.25, 0.3) is 11.6 Å². The van der Waals surface area contributed by atoms with Gasteiger partial charge in [-0.15, -0.1) is 0 Å². The van der Waals surface area contributed by atoms with Gasteiger partial charge < -0.3 is 11.1 Å². The molecule has 0 spiro atoms. The van der Waals surface area contributed by atoms with Crippen molar-refractivity contribution in [2.24, 2.45) is 0 Å². The number of nitrogens with two attached hydrogens (primary N) is 1. The molecule has 1 aromatic rings. The van der Waals surface area contributed by atoms with Crippen LogP contribution in [-0.2, 0) is 10.0 Å². The second kappa shape index (κ2) is 6.50. The van der Waals surface area contributed by atoms with Gasteiger partial charge in [0.15, 0.2) is 0 Å². The summed E-state index contributed by atoms with van der Waals surface area (Å²) in [5, 5.41) is 13.0. The molecule has 3 N–H and O–H groups in total. The number of amides is 1. The van der Waals surface area contributed by atoms with E-state index in [0.29, 0.717) is 0 Å². The molecule has 1 aromatic carbocycles. The highest BCUT2D eigenvalue weighted by Crippen LogP contribution is 2.21. The molecule has 0 aliphatic carbocycles. The Balaban J connectivity index is 2.69. The molecule has 0 aromatic heterocycles. The predicted octanol–water partition coefficient (Wildman–Crippen LogP) is -0.202. The number of carbonyl (C=O) groups excluding carboxylic acids is 1. The number of nitrogen functional groups attached to an aromatic ring is 1. The maximum absolute atomic E-state index is 11.8. The van der Waals surface area contributed by atoms with Crippen LogP contribution in [0, 0.1) is 10.1 Å². The average Bonchev–Trinajstić information content (AvgIpc) is 2.37. The summed E-state index contributed by atoms with van der Waals surface area (Å²) in [5.41, 5.74) is 5.18. The van der Waals surface area contributed by atoms with Crippen LogP contribution < -0.4 is 11.1 Å². The Labute approximate surface area is 121 Å². The summed E-state index contributed by atoms with van der Waals surface area (Å²) >= 11 is 0. The van der Waals surface area contributed by atoms with Gasteiger partial charge in [0.05, 0.1) is 10.7 Å². The molecular weight excluding hydrogens is 300 g/mol. The minimum absolute atomic E-state index is 0.0732. The number of anilines is 1. The lowest BCUT2D eigenvalue weighted by molar-refractivity contribution is -0.383. The summed E-state index contributed by atoms with van der Waals surface area (Å²) < 4.78 is 24.1. The number of nitro benzene ring substituents is 1. The minimum Gasteiger partial charge on any atom is -0.393 e. The summed E-state index contributed by atoms with van der Waals surface area (Å²) in [5.74, 6) is -0.792. The Bertz CT molecular complexity index is 657. The minimum atomic E-state index is -3.40. The number of nitro groups is 1. The largest absolute Gasteiger partial charge is 0.393 e. The monoisotopic (exact) mass is 316 g/mol. The molecule has 0 saturated carbocycles. The molecule has 1 amide bonds. The van der Waals surface area contributed by atoms with Crippen molar-refractivity contribution >= 4 is 27.3 Å². The van der Waals surface area contributed by atoms with Crippen molar-refractivity contribution in [2.75, 3.05) is 32.1 Å². The highest BCUT2D eigenvalue weighted by atomic mass is 32.2. The summed E-state index contributed by atoms with van der Waals surface area (Å²) in [6.07, 6.45) is 0. The van der Waals surface area contributed by atoms with Crippen LogP contribution in [0.2, 0.25) is 0 Å². The second-order valence-corrected chi connectivity index (χ2v) is 6.69. The Morgan fingerprint density at radius 3 is 2.52 bits per heavy atom. The van der Waals surface area contributed by atoms with E-state index in [-0.39, 0.29) is 29.2 Å². The van der Waals surface area contributed by atoms with Crippen molar-refractivity contribution in [1.82, 2.24) is 9.62 Å². The fraction of sp³-hybridized carbons (Fsp3) is 0.364. The molecular formula is C11H16N4O5S. The highest BCUT2D eigenvalue weighted by Gasteiger charge is 2.16. The molecule has 0 saturated heterocycles. The Morgan fingerprint density at radius 1 is 1.43 bits per heavy atom. The lowest BCUT2D eigenvalue weighted by Gasteiger charge is -2.11. The van der Waals surface area contributed by atoms with E-state index >= 15 is 0 Å². The molecule has 10 heteroatoms. The van der Waals surface area contributed by atoms with E-state index in [1.165, 1.54) is 26.2 Å². The van der Waals surface area contributed by atoms with Crippen LogP contribution in [0.15, 0.2) is 18.2 Å². The lowest BCUT2D eigenvalue weighted by atomic mass is 10.1. The van der Waals surface area contributed by atoms with E-state index in [2.05, 4.69) is 5.32 Å². The molecule has 116 valence electrons. The summed E-state index contributed by atoms with van der Waals surface area (Å²) in [4.78, 5) is 21.7. The molecule has 21 heavy (non-hydrogen) atoms. The van der Waals surface area contributed by atoms with Crippen molar-refractivity contribution in [1.29, 1.82) is 0 Å². The molecule has 0 fully saturated rings. The van der Waals surface area contributed by atoms with Crippen molar-refractivity contribution < 1.29 is 18.1 Å². The van der Waals surface area contributed by atoms with Gasteiger partial charge in [-0.05, 0) is 12.1 Å². The zero-order valence-electron chi connectivity index (χ0n) is 11.6. The van der Waals surface area contributed by atoms with Gasteiger partial charge in [0, 0.05) is 32.3 Å². The zero-order chi connectivity index (χ0) is 16.2. The summed E-state index contributed by atoms with van der Waals surface area (Å²) in [6.45, 7) is -0.0732. The molecule has 9 nitrogen and oxygen atoms in total. The smallest absolute Gasteiger partial charge is 0.292 e. The van der Waals surface area contributed by atoms with Crippen LogP contribution >= 0.6 is 0 Å². The van der Waals surface area contributed by atoms with E-state index in [9.17, 15) is 23.3 Å². The molecule has 0 aliphatic heterocycles. The predicted molar refractivity (Wildman–Crippen MR) is 77.3 cm³/mol. The van der Waals surface area contributed by atoms with E-state index in [1.54, 1.807) is 0 Å². The van der Waals surface area contributed by atoms with Crippen molar-refractivity contribution in [2.45, 2.75) is 0 Å². The molecule has 1 rings (SSSR count). The van der Waals surface area contributed by atoms with E-state index in [1.807, 2.05) is 0 Å². The second-order valence-electron chi connectivity index (χ2n) is 4.39. The van der Waals surface area contributed by atoms with Crippen LogP contribution in [0.1, 0.15) is 10.4 Å². The highest BCUT2D eigenvalue weighted by molar-refractivity contribution is 7.89. The van der Waals surface area contributed by atoms with Gasteiger partial charge in [-0.25, -0.2) is 12.7 Å². The number of benzene rings is 1. The number of hydrogen-bond donors (Lipinski definition) is 2. The van der Waals surface area contributed by atoms with Crippen molar-refractivity contribution in [3.63, 3.8) is 0 Å². The maximum Gasteiger partial charge on any atom is 0.292 e. The van der Waals surface area contributed by atoms with Crippen LogP contribution in [0.3, 0.4) is 0 Å². The van der Waals surface area contributed by atoms with Crippen LogP contribution in [0.5, 0.6) is 0 Å². The van der Waals surface area contributed by atoms with Crippen LogP contribution in [-0.4, -0.2) is 49.9 Å². The molecule has 0 aliphatic rings. The molecule has 0 atom stereocenters. The van der Waals surface area contributed by atoms with Crippen molar-refractivity contribution in [3.8, 4) is 0 Å². The van der Waals surface area contributed by atoms with Gasteiger partial charge in [0.2, 0.25) is 10.0 Å². The Kier molecular flexibility index (Phi) is 5.22. The first-order valence-corrected chi connectivity index (χ1v) is 7.48. The van der Waals surface area contributed by atoms with E-state index < -0.39 is 20.9 Å². The van der Waals surface area contributed by atoms with Gasteiger partial charge in [-0.2, -0.15) is 0 Å². The Hall–Kier alpha value is -2.20. The fourth-order valence-electron chi connectivity index (χ4n) is 1.44. The number of sulfonamides is 1. The first-order valence-electron chi connectivity index (χ1n) is 5.87. The lowest BCUT2D eigenvalue weighted by Crippen LogP contribution is -2.33. The third-order valence-electron chi connectivity index (χ3n) is 2.69. The zero-order valence-corrected chi connectivity index (χ0v) is 12.4. The van der Waals surface area contributed by atoms with Crippen LogP contribution in [0.4, 0.5) is 11.4 Å². The number of nitrogens with zero attached hydrogens (tertiary/aromatic N) is 2. The number of nitrogens with one attached hydrogen (secondary N) is 1. The van der Waals surface area contributed by atoms with Crippen LogP contribution in [0.25, 0.3) is 0 Å². The summed E-state index contributed by atoms with van der Waals surface area (Å²) in [7, 11) is -0.604. The van der Waals surface area contributed by atoms with E-state index in [0.717, 1.165) is 10.4 Å². The standard InChI is InChI=1S/C11H16N4O5S/c1-14(2)21(19,20)6-5-13-11(16)8-3-4-10(15(17)18)9(12)7-8/h3-4,7H,5-6,12H2,1-2H3,(H,13,16). The van der Waals surface area contributed by atoms with Gasteiger partial charge in [-0.1, -0.05) is 0 Å². The Morgan fingerprint density at radius 2 is 2.05 bits per heavy atom. The number of hydrogen-bond acceptors (Lipinski definition) is 6. The SMILES string of the molecule is CN(C)S(=O)(=O)CCNC(=O)c1ccc([N+](=O)[O-])c(N)c1. The third kappa shape index (κ3) is 4.39. The third-order valence-corrected chi connectivity index (χ3v) is 4.52. The van der Waals surface area contributed by atoms with Gasteiger partial charge >= 0.3 is 0 Å². The fourth-order valence-corrected chi connectivity index (χ4v) is 2.17. The van der Waals surface area contributed by atoms with E-state index in [4.69, 9.17) is 5.73 Å². The number of rotatable bonds is 6. The molecule has 0 bridgehead atoms. The molecule has 0 radical (unpaired) electrons. The van der Waals surface area contributed by atoms with Gasteiger partial charge in [-0.3, -0.25) is 14.9 Å².